The monoisotopic (exact) mass is 195 g/mol. The fourth-order valence-electron chi connectivity index (χ4n) is 1.15. The molecule has 0 radical (unpaired) electrons. The molecule has 1 aromatic carbocycles. The molecule has 4 N–H and O–H groups in total. The normalized spacial score (nSPS) is 9.86. The van der Waals surface area contributed by atoms with E-state index >= 15 is 0 Å². The highest BCUT2D eigenvalue weighted by Crippen LogP contribution is 2.24. The minimum atomic E-state index is 0.659. The van der Waals surface area contributed by atoms with Crippen LogP contribution in [0.4, 0.5) is 11.4 Å². The Morgan fingerprint density at radius 1 is 1.36 bits per heavy atom. The highest BCUT2D eigenvalue weighted by molar-refractivity contribution is 5.61. The maximum atomic E-state index is 5.69. The maximum absolute atomic E-state index is 5.69. The minimum Gasteiger partial charge on any atom is -0.495 e. The number of ether oxygens (including phenoxy) is 1. The predicted octanol–water partition coefficient (Wildman–Crippen LogP) is 0.909. The van der Waals surface area contributed by atoms with Gasteiger partial charge in [-0.2, -0.15) is 0 Å². The first kappa shape index (κ1) is 10.7. The van der Waals surface area contributed by atoms with Gasteiger partial charge < -0.3 is 21.1 Å². The Hall–Kier alpha value is -1.42. The van der Waals surface area contributed by atoms with Crippen LogP contribution >= 0.6 is 0 Å². The van der Waals surface area contributed by atoms with Crippen molar-refractivity contribution >= 4 is 11.4 Å². The van der Waals surface area contributed by atoms with Gasteiger partial charge in [0.1, 0.15) is 5.75 Å². The number of likely N-dealkylation sites (N-methyl/N-ethyl adjacent to an activating group) is 1. The minimum absolute atomic E-state index is 0.659. The largest absolute Gasteiger partial charge is 0.495 e. The SMILES string of the molecule is CNCCNc1ccc(N)c(OC)c1. The molecule has 0 aliphatic rings. The number of nitrogen functional groups attached to an aromatic ring is 1. The summed E-state index contributed by atoms with van der Waals surface area (Å²) in [6, 6.07) is 5.67. The number of methoxy groups -OCH3 is 1. The van der Waals surface area contributed by atoms with Gasteiger partial charge in [-0.05, 0) is 19.2 Å². The van der Waals surface area contributed by atoms with E-state index < -0.39 is 0 Å². The Balaban J connectivity index is 2.60. The lowest BCUT2D eigenvalue weighted by atomic mass is 10.2. The van der Waals surface area contributed by atoms with E-state index in [1.165, 1.54) is 0 Å². The van der Waals surface area contributed by atoms with Crippen LogP contribution in [0.1, 0.15) is 0 Å². The number of benzene rings is 1. The van der Waals surface area contributed by atoms with E-state index in [0.29, 0.717) is 11.4 Å². The van der Waals surface area contributed by atoms with Crippen LogP contribution in [0.3, 0.4) is 0 Å². The number of rotatable bonds is 5. The third-order valence-corrected chi connectivity index (χ3v) is 1.94. The zero-order chi connectivity index (χ0) is 10.4. The van der Waals surface area contributed by atoms with Crippen LogP contribution in [0, 0.1) is 0 Å². The predicted molar refractivity (Wildman–Crippen MR) is 59.8 cm³/mol. The van der Waals surface area contributed by atoms with Gasteiger partial charge in [0.2, 0.25) is 0 Å². The van der Waals surface area contributed by atoms with Gasteiger partial charge in [0.05, 0.1) is 12.8 Å². The molecule has 0 heterocycles. The summed E-state index contributed by atoms with van der Waals surface area (Å²) >= 11 is 0. The number of nitrogens with one attached hydrogen (secondary N) is 2. The summed E-state index contributed by atoms with van der Waals surface area (Å²) in [5.41, 5.74) is 7.37. The van der Waals surface area contributed by atoms with Crippen molar-refractivity contribution in [1.82, 2.24) is 5.32 Å². The molecular weight excluding hydrogens is 178 g/mol. The van der Waals surface area contributed by atoms with E-state index in [9.17, 15) is 0 Å². The Kier molecular flexibility index (Phi) is 4.07. The summed E-state index contributed by atoms with van der Waals surface area (Å²) in [7, 11) is 3.54. The molecule has 0 saturated carbocycles. The summed E-state index contributed by atoms with van der Waals surface area (Å²) < 4.78 is 5.11. The van der Waals surface area contributed by atoms with Crippen molar-refractivity contribution in [3.8, 4) is 5.75 Å². The van der Waals surface area contributed by atoms with E-state index in [1.807, 2.05) is 25.2 Å². The van der Waals surface area contributed by atoms with Crippen molar-refractivity contribution in [3.63, 3.8) is 0 Å². The van der Waals surface area contributed by atoms with Crippen LogP contribution in [0.5, 0.6) is 5.75 Å². The van der Waals surface area contributed by atoms with Gasteiger partial charge in [-0.25, -0.2) is 0 Å². The number of anilines is 2. The Morgan fingerprint density at radius 3 is 2.79 bits per heavy atom. The zero-order valence-corrected chi connectivity index (χ0v) is 8.63. The summed E-state index contributed by atoms with van der Waals surface area (Å²) in [5.74, 6) is 0.708. The second kappa shape index (κ2) is 5.34. The van der Waals surface area contributed by atoms with Crippen molar-refractivity contribution in [2.45, 2.75) is 0 Å². The molecule has 0 saturated heterocycles. The first-order valence-electron chi connectivity index (χ1n) is 4.60. The third kappa shape index (κ3) is 2.81. The summed E-state index contributed by atoms with van der Waals surface area (Å²) in [6.45, 7) is 1.80. The average Bonchev–Trinajstić information content (AvgIpc) is 2.21. The molecule has 1 aromatic rings. The Bertz CT molecular complexity index is 289. The van der Waals surface area contributed by atoms with Crippen LogP contribution in [-0.4, -0.2) is 27.2 Å². The van der Waals surface area contributed by atoms with E-state index in [1.54, 1.807) is 7.11 Å². The molecule has 4 nitrogen and oxygen atoms in total. The second-order valence-electron chi connectivity index (χ2n) is 2.99. The lowest BCUT2D eigenvalue weighted by molar-refractivity contribution is 0.417. The van der Waals surface area contributed by atoms with Crippen LogP contribution in [0.2, 0.25) is 0 Å². The smallest absolute Gasteiger partial charge is 0.143 e. The molecule has 0 spiro atoms. The van der Waals surface area contributed by atoms with E-state index in [2.05, 4.69) is 10.6 Å². The molecule has 0 unspecified atom stereocenters. The Labute approximate surface area is 84.4 Å². The quantitative estimate of drug-likeness (QED) is 0.483. The average molecular weight is 195 g/mol. The molecule has 0 aliphatic carbocycles. The third-order valence-electron chi connectivity index (χ3n) is 1.94. The van der Waals surface area contributed by atoms with Crippen LogP contribution < -0.4 is 21.1 Å². The molecule has 14 heavy (non-hydrogen) atoms. The van der Waals surface area contributed by atoms with Gasteiger partial charge in [0.25, 0.3) is 0 Å². The maximum Gasteiger partial charge on any atom is 0.143 e. The van der Waals surface area contributed by atoms with Crippen LogP contribution in [0.25, 0.3) is 0 Å². The van der Waals surface area contributed by atoms with Gasteiger partial charge >= 0.3 is 0 Å². The lowest BCUT2D eigenvalue weighted by Crippen LogP contribution is -2.17. The van der Waals surface area contributed by atoms with Crippen molar-refractivity contribution in [1.29, 1.82) is 0 Å². The van der Waals surface area contributed by atoms with Crippen molar-refractivity contribution < 1.29 is 4.74 Å². The van der Waals surface area contributed by atoms with Gasteiger partial charge in [-0.15, -0.1) is 0 Å². The summed E-state index contributed by atoms with van der Waals surface area (Å²) in [6.07, 6.45) is 0. The molecule has 0 amide bonds. The van der Waals surface area contributed by atoms with E-state index in [0.717, 1.165) is 18.8 Å². The van der Waals surface area contributed by atoms with Crippen molar-refractivity contribution in [2.24, 2.45) is 0 Å². The molecule has 0 fully saturated rings. The highest BCUT2D eigenvalue weighted by Gasteiger charge is 1.99. The molecule has 0 bridgehead atoms. The van der Waals surface area contributed by atoms with Gasteiger partial charge in [-0.1, -0.05) is 0 Å². The lowest BCUT2D eigenvalue weighted by Gasteiger charge is -2.09. The number of hydrogen-bond acceptors (Lipinski definition) is 4. The Morgan fingerprint density at radius 2 is 2.14 bits per heavy atom. The molecular formula is C10H17N3O. The topological polar surface area (TPSA) is 59.3 Å². The fourth-order valence-corrected chi connectivity index (χ4v) is 1.15. The molecule has 0 aliphatic heterocycles. The first-order chi connectivity index (χ1) is 6.77. The van der Waals surface area contributed by atoms with Gasteiger partial charge in [0.15, 0.2) is 0 Å². The molecule has 4 heteroatoms. The van der Waals surface area contributed by atoms with Gasteiger partial charge in [0, 0.05) is 24.8 Å². The molecule has 1 rings (SSSR count). The van der Waals surface area contributed by atoms with E-state index in [4.69, 9.17) is 10.5 Å². The van der Waals surface area contributed by atoms with Crippen LogP contribution in [-0.2, 0) is 0 Å². The molecule has 0 atom stereocenters. The number of hydrogen-bond donors (Lipinski definition) is 3. The summed E-state index contributed by atoms with van der Waals surface area (Å²) in [5, 5.41) is 6.31. The first-order valence-corrected chi connectivity index (χ1v) is 4.60. The number of nitrogens with two attached hydrogens (primary N) is 1. The molecule has 0 aromatic heterocycles. The second-order valence-corrected chi connectivity index (χ2v) is 2.99. The van der Waals surface area contributed by atoms with E-state index in [-0.39, 0.29) is 0 Å². The van der Waals surface area contributed by atoms with Gasteiger partial charge in [-0.3, -0.25) is 0 Å². The molecule has 78 valence electrons. The zero-order valence-electron chi connectivity index (χ0n) is 8.63. The summed E-state index contributed by atoms with van der Waals surface area (Å²) in [4.78, 5) is 0. The standard InChI is InChI=1S/C10H17N3O/c1-12-5-6-13-8-3-4-9(11)10(7-8)14-2/h3-4,7,12-13H,5-6,11H2,1-2H3. The van der Waals surface area contributed by atoms with Crippen molar-refractivity contribution in [3.05, 3.63) is 18.2 Å². The fraction of sp³-hybridized carbons (Fsp3) is 0.400. The van der Waals surface area contributed by atoms with Crippen LogP contribution in [0.15, 0.2) is 18.2 Å². The van der Waals surface area contributed by atoms with Crippen molar-refractivity contribution in [2.75, 3.05) is 38.3 Å². The highest BCUT2D eigenvalue weighted by atomic mass is 16.5.